The maximum atomic E-state index is 11.6. The van der Waals surface area contributed by atoms with Crippen LogP contribution < -0.4 is 11.1 Å². The van der Waals surface area contributed by atoms with Gasteiger partial charge in [0, 0.05) is 11.6 Å². The van der Waals surface area contributed by atoms with E-state index in [1.807, 2.05) is 18.2 Å². The molecule has 0 bridgehead atoms. The highest BCUT2D eigenvalue weighted by Crippen LogP contribution is 2.10. The van der Waals surface area contributed by atoms with Crippen molar-refractivity contribution in [3.63, 3.8) is 0 Å². The Balaban J connectivity index is 2.37. The van der Waals surface area contributed by atoms with Gasteiger partial charge in [-0.15, -0.1) is 0 Å². The third-order valence-electron chi connectivity index (χ3n) is 2.56. The minimum absolute atomic E-state index is 0.0987. The van der Waals surface area contributed by atoms with E-state index >= 15 is 0 Å². The summed E-state index contributed by atoms with van der Waals surface area (Å²) in [4.78, 5) is 11.6. The van der Waals surface area contributed by atoms with Gasteiger partial charge in [-0.2, -0.15) is 0 Å². The molecule has 0 aliphatic heterocycles. The van der Waals surface area contributed by atoms with Crippen LogP contribution in [-0.2, 0) is 11.3 Å². The monoisotopic (exact) mass is 254 g/mol. The summed E-state index contributed by atoms with van der Waals surface area (Å²) in [6, 6.07) is 7.01. The summed E-state index contributed by atoms with van der Waals surface area (Å²) in [6.07, 6.45) is 2.76. The van der Waals surface area contributed by atoms with Crippen LogP contribution in [0.5, 0.6) is 0 Å². The van der Waals surface area contributed by atoms with E-state index in [1.165, 1.54) is 0 Å². The number of halogens is 1. The smallest absolute Gasteiger partial charge is 0.237 e. The van der Waals surface area contributed by atoms with Gasteiger partial charge in [-0.3, -0.25) is 4.79 Å². The number of unbranched alkanes of at least 4 members (excludes halogenated alkanes) is 1. The number of amides is 1. The molecule has 0 radical (unpaired) electrons. The Hall–Kier alpha value is -1.06. The van der Waals surface area contributed by atoms with Crippen LogP contribution in [0, 0.1) is 0 Å². The first kappa shape index (κ1) is 14.0. The van der Waals surface area contributed by atoms with Crippen LogP contribution in [0.1, 0.15) is 31.7 Å². The zero-order chi connectivity index (χ0) is 12.7. The molecule has 1 atom stereocenters. The Morgan fingerprint density at radius 2 is 2.29 bits per heavy atom. The summed E-state index contributed by atoms with van der Waals surface area (Å²) in [5.74, 6) is -0.0987. The van der Waals surface area contributed by atoms with Crippen molar-refractivity contribution in [3.05, 3.63) is 34.9 Å². The summed E-state index contributed by atoms with van der Waals surface area (Å²) in [7, 11) is 0. The number of carbonyl (C=O) groups is 1. The second-order valence-corrected chi connectivity index (χ2v) is 4.53. The van der Waals surface area contributed by atoms with E-state index in [1.54, 1.807) is 6.07 Å². The van der Waals surface area contributed by atoms with Crippen LogP contribution >= 0.6 is 11.6 Å². The van der Waals surface area contributed by atoms with Gasteiger partial charge in [0.25, 0.3) is 0 Å². The van der Waals surface area contributed by atoms with Crippen LogP contribution in [0.4, 0.5) is 0 Å². The average Bonchev–Trinajstić information content (AvgIpc) is 2.33. The third-order valence-corrected chi connectivity index (χ3v) is 2.80. The highest BCUT2D eigenvalue weighted by Gasteiger charge is 2.11. The largest absolute Gasteiger partial charge is 0.351 e. The van der Waals surface area contributed by atoms with E-state index in [9.17, 15) is 4.79 Å². The van der Waals surface area contributed by atoms with Crippen molar-refractivity contribution in [2.24, 2.45) is 5.73 Å². The second-order valence-electron chi connectivity index (χ2n) is 4.10. The molecule has 1 aromatic carbocycles. The molecule has 0 aliphatic carbocycles. The summed E-state index contributed by atoms with van der Waals surface area (Å²) in [5.41, 5.74) is 6.74. The predicted molar refractivity (Wildman–Crippen MR) is 70.8 cm³/mol. The maximum absolute atomic E-state index is 11.6. The minimum atomic E-state index is -0.408. The molecule has 3 N–H and O–H groups in total. The Labute approximate surface area is 107 Å². The first-order valence-corrected chi connectivity index (χ1v) is 6.29. The van der Waals surface area contributed by atoms with Crippen molar-refractivity contribution >= 4 is 17.5 Å². The van der Waals surface area contributed by atoms with E-state index in [2.05, 4.69) is 12.2 Å². The molecule has 0 spiro atoms. The van der Waals surface area contributed by atoms with Crippen LogP contribution in [0.25, 0.3) is 0 Å². The zero-order valence-corrected chi connectivity index (χ0v) is 10.8. The molecule has 0 aliphatic rings. The van der Waals surface area contributed by atoms with Crippen LogP contribution in [0.3, 0.4) is 0 Å². The summed E-state index contributed by atoms with van der Waals surface area (Å²) < 4.78 is 0. The first-order valence-electron chi connectivity index (χ1n) is 5.91. The van der Waals surface area contributed by atoms with Crippen LogP contribution in [-0.4, -0.2) is 11.9 Å². The zero-order valence-electron chi connectivity index (χ0n) is 10.1. The van der Waals surface area contributed by atoms with Crippen molar-refractivity contribution in [2.45, 2.75) is 38.8 Å². The number of hydrogen-bond acceptors (Lipinski definition) is 2. The minimum Gasteiger partial charge on any atom is -0.351 e. The Morgan fingerprint density at radius 3 is 2.94 bits per heavy atom. The number of rotatable bonds is 6. The maximum Gasteiger partial charge on any atom is 0.237 e. The summed E-state index contributed by atoms with van der Waals surface area (Å²) in [6.45, 7) is 2.55. The van der Waals surface area contributed by atoms with Gasteiger partial charge in [-0.1, -0.05) is 43.5 Å². The SMILES string of the molecule is CCCC[C@H](N)C(=O)NCc1cccc(Cl)c1. The molecular formula is C13H19ClN2O. The molecule has 0 saturated carbocycles. The van der Waals surface area contributed by atoms with E-state index in [-0.39, 0.29) is 5.91 Å². The lowest BCUT2D eigenvalue weighted by Crippen LogP contribution is -2.40. The molecule has 4 heteroatoms. The van der Waals surface area contributed by atoms with E-state index < -0.39 is 6.04 Å². The van der Waals surface area contributed by atoms with Crippen molar-refractivity contribution in [2.75, 3.05) is 0 Å². The summed E-state index contributed by atoms with van der Waals surface area (Å²) >= 11 is 5.85. The highest BCUT2D eigenvalue weighted by molar-refractivity contribution is 6.30. The topological polar surface area (TPSA) is 55.1 Å². The highest BCUT2D eigenvalue weighted by atomic mass is 35.5. The van der Waals surface area contributed by atoms with Gasteiger partial charge in [0.2, 0.25) is 5.91 Å². The molecule has 0 fully saturated rings. The lowest BCUT2D eigenvalue weighted by molar-refractivity contribution is -0.122. The Morgan fingerprint density at radius 1 is 1.53 bits per heavy atom. The van der Waals surface area contributed by atoms with E-state index in [0.717, 1.165) is 24.8 Å². The van der Waals surface area contributed by atoms with Crippen LogP contribution in [0.15, 0.2) is 24.3 Å². The lowest BCUT2D eigenvalue weighted by Gasteiger charge is -2.11. The van der Waals surface area contributed by atoms with Crippen LogP contribution in [0.2, 0.25) is 5.02 Å². The quantitative estimate of drug-likeness (QED) is 0.820. The average molecular weight is 255 g/mol. The van der Waals surface area contributed by atoms with Gasteiger partial charge in [-0.05, 0) is 24.1 Å². The van der Waals surface area contributed by atoms with Crippen molar-refractivity contribution in [1.29, 1.82) is 0 Å². The number of hydrogen-bond donors (Lipinski definition) is 2. The number of benzene rings is 1. The van der Waals surface area contributed by atoms with Gasteiger partial charge >= 0.3 is 0 Å². The Bertz CT molecular complexity index is 368. The van der Waals surface area contributed by atoms with Crippen molar-refractivity contribution in [1.82, 2.24) is 5.32 Å². The molecule has 1 aromatic rings. The summed E-state index contributed by atoms with van der Waals surface area (Å²) in [5, 5.41) is 3.49. The molecule has 0 saturated heterocycles. The normalized spacial score (nSPS) is 12.2. The fourth-order valence-corrected chi connectivity index (χ4v) is 1.74. The molecule has 17 heavy (non-hydrogen) atoms. The molecule has 0 aromatic heterocycles. The van der Waals surface area contributed by atoms with Gasteiger partial charge in [0.15, 0.2) is 0 Å². The fraction of sp³-hybridized carbons (Fsp3) is 0.462. The molecule has 0 unspecified atom stereocenters. The van der Waals surface area contributed by atoms with Gasteiger partial charge in [0.1, 0.15) is 0 Å². The molecule has 3 nitrogen and oxygen atoms in total. The standard InChI is InChI=1S/C13H19ClN2O/c1-2-3-7-12(15)13(17)16-9-10-5-4-6-11(14)8-10/h4-6,8,12H,2-3,7,9,15H2,1H3,(H,16,17)/t12-/m0/s1. The van der Waals surface area contributed by atoms with Gasteiger partial charge < -0.3 is 11.1 Å². The molecule has 0 heterocycles. The molecule has 1 amide bonds. The van der Waals surface area contributed by atoms with Gasteiger partial charge in [-0.25, -0.2) is 0 Å². The van der Waals surface area contributed by atoms with E-state index in [4.69, 9.17) is 17.3 Å². The molecule has 1 rings (SSSR count). The van der Waals surface area contributed by atoms with Gasteiger partial charge in [0.05, 0.1) is 6.04 Å². The lowest BCUT2D eigenvalue weighted by atomic mass is 10.1. The fourth-order valence-electron chi connectivity index (χ4n) is 1.52. The predicted octanol–water partition coefficient (Wildman–Crippen LogP) is 2.47. The number of nitrogens with one attached hydrogen (secondary N) is 1. The Kier molecular flexibility index (Phi) is 6.01. The number of nitrogens with two attached hydrogens (primary N) is 1. The number of carbonyl (C=O) groups excluding carboxylic acids is 1. The molecular weight excluding hydrogens is 236 g/mol. The first-order chi connectivity index (χ1) is 8.13. The molecule has 94 valence electrons. The second kappa shape index (κ2) is 7.30. The van der Waals surface area contributed by atoms with Crippen molar-refractivity contribution in [3.8, 4) is 0 Å². The van der Waals surface area contributed by atoms with E-state index in [0.29, 0.717) is 11.6 Å². The third kappa shape index (κ3) is 5.20. The van der Waals surface area contributed by atoms with Crippen molar-refractivity contribution < 1.29 is 4.79 Å².